The number of ether oxygens (including phenoxy) is 1. The summed E-state index contributed by atoms with van der Waals surface area (Å²) in [7, 11) is 0. The molecule has 0 aromatic heterocycles. The molecule has 2 heteroatoms. The zero-order chi connectivity index (χ0) is 12.3. The summed E-state index contributed by atoms with van der Waals surface area (Å²) in [6, 6.07) is 8.12. The number of aryl methyl sites for hydroxylation is 1. The Morgan fingerprint density at radius 3 is 2.82 bits per heavy atom. The van der Waals surface area contributed by atoms with Gasteiger partial charge in [-0.15, -0.1) is 0 Å². The van der Waals surface area contributed by atoms with Crippen LogP contribution in [-0.2, 0) is 11.2 Å². The zero-order valence-corrected chi connectivity index (χ0v) is 10.6. The highest BCUT2D eigenvalue weighted by molar-refractivity contribution is 5.80. The molecule has 1 saturated carbocycles. The number of Topliss-reactive ketones (excluding diaryl/α,β-unsaturated/α-hetero) is 1. The molecule has 0 aliphatic heterocycles. The number of ketones is 1. The van der Waals surface area contributed by atoms with Gasteiger partial charge in [-0.25, -0.2) is 0 Å². The van der Waals surface area contributed by atoms with Crippen LogP contribution in [0.3, 0.4) is 0 Å². The Morgan fingerprint density at radius 1 is 1.41 bits per heavy atom. The molecule has 2 nitrogen and oxygen atoms in total. The minimum atomic E-state index is 0.140. The van der Waals surface area contributed by atoms with Gasteiger partial charge in [-0.3, -0.25) is 4.79 Å². The summed E-state index contributed by atoms with van der Waals surface area (Å²) in [5, 5.41) is 0. The summed E-state index contributed by atoms with van der Waals surface area (Å²) < 4.78 is 5.74. The van der Waals surface area contributed by atoms with Crippen LogP contribution in [0.4, 0.5) is 0 Å². The molecule has 1 aliphatic rings. The average molecular weight is 232 g/mol. The molecule has 92 valence electrons. The number of carbonyl (C=O) groups excluding carboxylic acids is 1. The molecule has 0 bridgehead atoms. The van der Waals surface area contributed by atoms with E-state index in [0.717, 1.165) is 12.2 Å². The first-order valence-electron chi connectivity index (χ1n) is 6.43. The predicted octanol–water partition coefficient (Wildman–Crippen LogP) is 3.39. The number of hydrogen-bond donors (Lipinski definition) is 0. The van der Waals surface area contributed by atoms with Crippen molar-refractivity contribution in [3.8, 4) is 5.75 Å². The standard InChI is InChI=1S/C15H20O2/c1-11(2)15(16)9-6-12-4-3-5-14(10-12)17-13-7-8-13/h3-5,10-11,13H,6-9H2,1-2H3. The van der Waals surface area contributed by atoms with E-state index in [1.807, 2.05) is 26.0 Å². The van der Waals surface area contributed by atoms with Gasteiger partial charge in [0.1, 0.15) is 11.5 Å². The fourth-order valence-electron chi connectivity index (χ4n) is 1.71. The maximum atomic E-state index is 11.6. The molecule has 17 heavy (non-hydrogen) atoms. The Hall–Kier alpha value is -1.31. The third kappa shape index (κ3) is 3.88. The van der Waals surface area contributed by atoms with Crippen LogP contribution in [0.15, 0.2) is 24.3 Å². The second-order valence-electron chi connectivity index (χ2n) is 5.09. The summed E-state index contributed by atoms with van der Waals surface area (Å²) in [5.41, 5.74) is 1.19. The SMILES string of the molecule is CC(C)C(=O)CCc1cccc(OC2CC2)c1. The van der Waals surface area contributed by atoms with Crippen LogP contribution in [0.1, 0.15) is 38.7 Å². The lowest BCUT2D eigenvalue weighted by Gasteiger charge is -2.07. The summed E-state index contributed by atoms with van der Waals surface area (Å²) in [4.78, 5) is 11.6. The first-order valence-corrected chi connectivity index (χ1v) is 6.43. The normalized spacial score (nSPS) is 15.0. The van der Waals surface area contributed by atoms with Crippen LogP contribution in [0.2, 0.25) is 0 Å². The van der Waals surface area contributed by atoms with Crippen LogP contribution < -0.4 is 4.74 Å². The van der Waals surface area contributed by atoms with E-state index in [-0.39, 0.29) is 5.92 Å². The number of hydrogen-bond acceptors (Lipinski definition) is 2. The van der Waals surface area contributed by atoms with Gasteiger partial charge in [-0.1, -0.05) is 26.0 Å². The van der Waals surface area contributed by atoms with E-state index in [1.165, 1.54) is 18.4 Å². The van der Waals surface area contributed by atoms with Crippen molar-refractivity contribution >= 4 is 5.78 Å². The third-order valence-corrected chi connectivity index (χ3v) is 3.03. The molecule has 1 aromatic carbocycles. The minimum Gasteiger partial charge on any atom is -0.490 e. The smallest absolute Gasteiger partial charge is 0.135 e. The second kappa shape index (κ2) is 5.35. The fourth-order valence-corrected chi connectivity index (χ4v) is 1.71. The molecule has 0 radical (unpaired) electrons. The summed E-state index contributed by atoms with van der Waals surface area (Å²) in [6.07, 6.45) is 4.23. The van der Waals surface area contributed by atoms with Gasteiger partial charge in [-0.2, -0.15) is 0 Å². The lowest BCUT2D eigenvalue weighted by Crippen LogP contribution is -2.07. The van der Waals surface area contributed by atoms with Gasteiger partial charge in [0, 0.05) is 12.3 Å². The molecule has 0 heterocycles. The lowest BCUT2D eigenvalue weighted by atomic mass is 10.0. The monoisotopic (exact) mass is 232 g/mol. The summed E-state index contributed by atoms with van der Waals surface area (Å²) >= 11 is 0. The molecule has 0 saturated heterocycles. The van der Waals surface area contributed by atoms with Crippen molar-refractivity contribution in [1.82, 2.24) is 0 Å². The summed E-state index contributed by atoms with van der Waals surface area (Å²) in [6.45, 7) is 3.91. The Bertz CT molecular complexity index is 392. The predicted molar refractivity (Wildman–Crippen MR) is 68.3 cm³/mol. The molecule has 1 aliphatic carbocycles. The highest BCUT2D eigenvalue weighted by atomic mass is 16.5. The molecule has 1 fully saturated rings. The Morgan fingerprint density at radius 2 is 2.18 bits per heavy atom. The maximum absolute atomic E-state index is 11.6. The van der Waals surface area contributed by atoms with E-state index in [4.69, 9.17) is 4.74 Å². The second-order valence-corrected chi connectivity index (χ2v) is 5.09. The quantitative estimate of drug-likeness (QED) is 0.751. The lowest BCUT2D eigenvalue weighted by molar-refractivity contribution is -0.121. The van der Waals surface area contributed by atoms with Gasteiger partial charge >= 0.3 is 0 Å². The molecular weight excluding hydrogens is 212 g/mol. The van der Waals surface area contributed by atoms with Crippen LogP contribution in [0.5, 0.6) is 5.75 Å². The first kappa shape index (κ1) is 12.2. The van der Waals surface area contributed by atoms with Crippen molar-refractivity contribution in [2.45, 2.75) is 45.6 Å². The fraction of sp³-hybridized carbons (Fsp3) is 0.533. The van der Waals surface area contributed by atoms with Gasteiger partial charge in [-0.05, 0) is 37.0 Å². The van der Waals surface area contributed by atoms with E-state index >= 15 is 0 Å². The van der Waals surface area contributed by atoms with E-state index in [0.29, 0.717) is 18.3 Å². The Kier molecular flexibility index (Phi) is 3.82. The van der Waals surface area contributed by atoms with Gasteiger partial charge in [0.05, 0.1) is 6.10 Å². The molecule has 0 amide bonds. The largest absolute Gasteiger partial charge is 0.490 e. The van der Waals surface area contributed by atoms with Crippen molar-refractivity contribution in [2.75, 3.05) is 0 Å². The molecule has 0 unspecified atom stereocenters. The first-order chi connectivity index (χ1) is 8.15. The highest BCUT2D eigenvalue weighted by Gasteiger charge is 2.23. The molecule has 1 aromatic rings. The van der Waals surface area contributed by atoms with Gasteiger partial charge in [0.2, 0.25) is 0 Å². The van der Waals surface area contributed by atoms with Gasteiger partial charge < -0.3 is 4.74 Å². The summed E-state index contributed by atoms with van der Waals surface area (Å²) in [5.74, 6) is 1.42. The van der Waals surface area contributed by atoms with E-state index in [2.05, 4.69) is 12.1 Å². The van der Waals surface area contributed by atoms with Gasteiger partial charge in [0.25, 0.3) is 0 Å². The molecular formula is C15H20O2. The molecule has 0 spiro atoms. The highest BCUT2D eigenvalue weighted by Crippen LogP contribution is 2.27. The zero-order valence-electron chi connectivity index (χ0n) is 10.6. The van der Waals surface area contributed by atoms with Crippen LogP contribution in [-0.4, -0.2) is 11.9 Å². The number of benzene rings is 1. The third-order valence-electron chi connectivity index (χ3n) is 3.03. The van der Waals surface area contributed by atoms with Crippen LogP contribution >= 0.6 is 0 Å². The van der Waals surface area contributed by atoms with Crippen molar-refractivity contribution in [3.05, 3.63) is 29.8 Å². The number of rotatable bonds is 6. The van der Waals surface area contributed by atoms with Crippen LogP contribution in [0, 0.1) is 5.92 Å². The average Bonchev–Trinajstić information content (AvgIpc) is 3.10. The van der Waals surface area contributed by atoms with E-state index in [1.54, 1.807) is 0 Å². The Labute approximate surface area is 103 Å². The van der Waals surface area contributed by atoms with Crippen molar-refractivity contribution in [3.63, 3.8) is 0 Å². The van der Waals surface area contributed by atoms with Crippen molar-refractivity contribution in [1.29, 1.82) is 0 Å². The maximum Gasteiger partial charge on any atom is 0.135 e. The molecule has 2 rings (SSSR count). The van der Waals surface area contributed by atoms with Crippen LogP contribution in [0.25, 0.3) is 0 Å². The van der Waals surface area contributed by atoms with Crippen molar-refractivity contribution < 1.29 is 9.53 Å². The molecule has 0 N–H and O–H groups in total. The van der Waals surface area contributed by atoms with Gasteiger partial charge in [0.15, 0.2) is 0 Å². The molecule has 0 atom stereocenters. The van der Waals surface area contributed by atoms with E-state index < -0.39 is 0 Å². The Balaban J connectivity index is 1.89. The minimum absolute atomic E-state index is 0.140. The van der Waals surface area contributed by atoms with E-state index in [9.17, 15) is 4.79 Å². The topological polar surface area (TPSA) is 26.3 Å². The van der Waals surface area contributed by atoms with Crippen molar-refractivity contribution in [2.24, 2.45) is 5.92 Å². The number of carbonyl (C=O) groups is 1.